The van der Waals surface area contributed by atoms with Gasteiger partial charge in [0.25, 0.3) is 5.91 Å². The van der Waals surface area contributed by atoms with Crippen molar-refractivity contribution in [2.24, 2.45) is 0 Å². The van der Waals surface area contributed by atoms with Crippen molar-refractivity contribution < 1.29 is 4.79 Å². The largest absolute Gasteiger partial charge is 0.337 e. The van der Waals surface area contributed by atoms with E-state index in [1.165, 1.54) is 0 Å². The summed E-state index contributed by atoms with van der Waals surface area (Å²) in [4.78, 5) is 14.6. The summed E-state index contributed by atoms with van der Waals surface area (Å²) in [6.07, 6.45) is 2.18. The van der Waals surface area contributed by atoms with Crippen LogP contribution >= 0.6 is 15.9 Å². The lowest BCUT2D eigenvalue weighted by atomic mass is 10.0. The van der Waals surface area contributed by atoms with Gasteiger partial charge < -0.3 is 10.2 Å². The Hall–Kier alpha value is -1.66. The Bertz CT molecular complexity index is 738. The second kappa shape index (κ2) is 7.07. The molecular weight excluding hydrogens is 368 g/mol. The Morgan fingerprint density at radius 1 is 1.29 bits per heavy atom. The van der Waals surface area contributed by atoms with Crippen LogP contribution in [0.25, 0.3) is 5.69 Å². The number of carbonyl (C=O) groups excluding carboxylic acids is 1. The first-order valence-corrected chi connectivity index (χ1v) is 9.09. The molecule has 128 valence electrons. The normalized spacial score (nSPS) is 18.0. The van der Waals surface area contributed by atoms with Crippen molar-refractivity contribution in [3.63, 3.8) is 0 Å². The van der Waals surface area contributed by atoms with Crippen molar-refractivity contribution in [2.75, 3.05) is 20.1 Å². The average Bonchev–Trinajstić information content (AvgIpc) is 2.88. The molecule has 0 spiro atoms. The molecule has 1 aromatic heterocycles. The molecule has 0 aliphatic carbocycles. The van der Waals surface area contributed by atoms with Crippen LogP contribution in [0.5, 0.6) is 0 Å². The summed E-state index contributed by atoms with van der Waals surface area (Å²) < 4.78 is 2.92. The molecule has 24 heavy (non-hydrogen) atoms. The van der Waals surface area contributed by atoms with E-state index in [-0.39, 0.29) is 5.91 Å². The van der Waals surface area contributed by atoms with Gasteiger partial charge in [0.05, 0.1) is 21.5 Å². The lowest BCUT2D eigenvalue weighted by Crippen LogP contribution is -2.46. The number of rotatable bonds is 3. The molecule has 1 N–H and O–H groups in total. The van der Waals surface area contributed by atoms with Crippen LogP contribution in [0.1, 0.15) is 34.6 Å². The molecule has 1 amide bonds. The molecule has 1 atom stereocenters. The van der Waals surface area contributed by atoms with Gasteiger partial charge in [-0.2, -0.15) is 5.10 Å². The lowest BCUT2D eigenvalue weighted by Gasteiger charge is -2.32. The highest BCUT2D eigenvalue weighted by atomic mass is 79.9. The number of halogens is 1. The quantitative estimate of drug-likeness (QED) is 0.875. The maximum Gasteiger partial charge on any atom is 0.253 e. The van der Waals surface area contributed by atoms with E-state index >= 15 is 0 Å². The topological polar surface area (TPSA) is 50.2 Å². The van der Waals surface area contributed by atoms with Gasteiger partial charge in [0.1, 0.15) is 0 Å². The second-order valence-electron chi connectivity index (χ2n) is 6.32. The molecule has 0 radical (unpaired) electrons. The zero-order valence-corrected chi connectivity index (χ0v) is 15.9. The standard InChI is InChI=1S/C18H23BrN4O/c1-12-17(19)13(2)23(21-12)16-8-6-14(7-9-16)18(24)22-10-4-5-15(11-22)20-3/h6-9,15,20H,4-5,10-11H2,1-3H3/t15-/m0/s1. The fraction of sp³-hybridized carbons (Fsp3) is 0.444. The minimum Gasteiger partial charge on any atom is -0.337 e. The Labute approximate surface area is 151 Å². The van der Waals surface area contributed by atoms with Crippen molar-refractivity contribution in [3.05, 3.63) is 45.7 Å². The van der Waals surface area contributed by atoms with Crippen molar-refractivity contribution >= 4 is 21.8 Å². The van der Waals surface area contributed by atoms with Crippen molar-refractivity contribution in [1.82, 2.24) is 20.0 Å². The minimum absolute atomic E-state index is 0.107. The van der Waals surface area contributed by atoms with Crippen LogP contribution in [-0.2, 0) is 0 Å². The molecule has 0 unspecified atom stereocenters. The zero-order chi connectivity index (χ0) is 17.3. The molecule has 6 heteroatoms. The summed E-state index contributed by atoms with van der Waals surface area (Å²) in [6, 6.07) is 8.10. The van der Waals surface area contributed by atoms with Gasteiger partial charge in [-0.25, -0.2) is 4.68 Å². The van der Waals surface area contributed by atoms with E-state index in [0.717, 1.165) is 53.0 Å². The monoisotopic (exact) mass is 390 g/mol. The number of nitrogens with zero attached hydrogens (tertiary/aromatic N) is 3. The van der Waals surface area contributed by atoms with Crippen LogP contribution in [-0.4, -0.2) is 46.8 Å². The maximum atomic E-state index is 12.7. The molecule has 0 saturated carbocycles. The summed E-state index contributed by atoms with van der Waals surface area (Å²) in [6.45, 7) is 5.61. The molecule has 1 saturated heterocycles. The highest BCUT2D eigenvalue weighted by Gasteiger charge is 2.23. The van der Waals surface area contributed by atoms with Crippen LogP contribution in [0.2, 0.25) is 0 Å². The summed E-state index contributed by atoms with van der Waals surface area (Å²) in [5.74, 6) is 0.107. The summed E-state index contributed by atoms with van der Waals surface area (Å²) in [5.41, 5.74) is 3.71. The van der Waals surface area contributed by atoms with Crippen LogP contribution < -0.4 is 5.32 Å². The molecule has 1 fully saturated rings. The third-order valence-corrected chi connectivity index (χ3v) is 5.83. The average molecular weight is 391 g/mol. The lowest BCUT2D eigenvalue weighted by molar-refractivity contribution is 0.0698. The molecular formula is C18H23BrN4O. The third-order valence-electron chi connectivity index (χ3n) is 4.68. The van der Waals surface area contributed by atoms with Gasteiger partial charge in [-0.1, -0.05) is 0 Å². The summed E-state index contributed by atoms with van der Waals surface area (Å²) >= 11 is 3.55. The van der Waals surface area contributed by atoms with E-state index in [1.54, 1.807) is 0 Å². The molecule has 3 rings (SSSR count). The molecule has 1 aliphatic heterocycles. The Morgan fingerprint density at radius 3 is 2.58 bits per heavy atom. The number of likely N-dealkylation sites (N-methyl/N-ethyl adjacent to an activating group) is 1. The molecule has 5 nitrogen and oxygen atoms in total. The molecule has 1 aromatic carbocycles. The van der Waals surface area contributed by atoms with E-state index < -0.39 is 0 Å². The smallest absolute Gasteiger partial charge is 0.253 e. The summed E-state index contributed by atoms with van der Waals surface area (Å²) in [7, 11) is 1.96. The predicted octanol–water partition coefficient (Wildman–Crippen LogP) is 3.08. The van der Waals surface area contributed by atoms with E-state index in [2.05, 4.69) is 26.3 Å². The first-order valence-electron chi connectivity index (χ1n) is 8.30. The van der Waals surface area contributed by atoms with Gasteiger partial charge in [-0.05, 0) is 73.9 Å². The van der Waals surface area contributed by atoms with Gasteiger partial charge in [-0.15, -0.1) is 0 Å². The van der Waals surface area contributed by atoms with E-state index in [4.69, 9.17) is 0 Å². The van der Waals surface area contributed by atoms with Gasteiger partial charge in [-0.3, -0.25) is 4.79 Å². The molecule has 0 bridgehead atoms. The van der Waals surface area contributed by atoms with Crippen molar-refractivity contribution in [2.45, 2.75) is 32.7 Å². The van der Waals surface area contributed by atoms with Crippen LogP contribution in [0.4, 0.5) is 0 Å². The number of piperidine rings is 1. The van der Waals surface area contributed by atoms with E-state index in [1.807, 2.05) is 54.7 Å². The number of hydrogen-bond donors (Lipinski definition) is 1. The maximum absolute atomic E-state index is 12.7. The Balaban J connectivity index is 1.79. The van der Waals surface area contributed by atoms with Crippen LogP contribution in [0.3, 0.4) is 0 Å². The second-order valence-corrected chi connectivity index (χ2v) is 7.12. The Kier molecular flexibility index (Phi) is 5.06. The fourth-order valence-electron chi connectivity index (χ4n) is 3.20. The highest BCUT2D eigenvalue weighted by molar-refractivity contribution is 9.10. The number of aryl methyl sites for hydroxylation is 1. The SMILES string of the molecule is CN[C@H]1CCCN(C(=O)c2ccc(-n3nc(C)c(Br)c3C)cc2)C1. The number of likely N-dealkylation sites (tertiary alicyclic amines) is 1. The van der Waals surface area contributed by atoms with Gasteiger partial charge in [0.2, 0.25) is 0 Å². The van der Waals surface area contributed by atoms with Crippen molar-refractivity contribution in [3.8, 4) is 5.69 Å². The molecule has 2 heterocycles. The Morgan fingerprint density at radius 2 is 2.00 bits per heavy atom. The van der Waals surface area contributed by atoms with Crippen molar-refractivity contribution in [1.29, 1.82) is 0 Å². The molecule has 2 aromatic rings. The minimum atomic E-state index is 0.107. The van der Waals surface area contributed by atoms with E-state index in [9.17, 15) is 4.79 Å². The number of carbonyl (C=O) groups is 1. The zero-order valence-electron chi connectivity index (χ0n) is 14.3. The van der Waals surface area contributed by atoms with Crippen LogP contribution in [0.15, 0.2) is 28.7 Å². The van der Waals surface area contributed by atoms with E-state index in [0.29, 0.717) is 6.04 Å². The fourth-order valence-corrected chi connectivity index (χ4v) is 3.45. The number of amides is 1. The molecule has 1 aliphatic rings. The highest BCUT2D eigenvalue weighted by Crippen LogP contribution is 2.23. The van der Waals surface area contributed by atoms with Gasteiger partial charge in [0, 0.05) is 24.7 Å². The number of benzene rings is 1. The van der Waals surface area contributed by atoms with Gasteiger partial charge >= 0.3 is 0 Å². The first kappa shape index (κ1) is 17.2. The predicted molar refractivity (Wildman–Crippen MR) is 98.7 cm³/mol. The number of hydrogen-bond acceptors (Lipinski definition) is 3. The van der Waals surface area contributed by atoms with Gasteiger partial charge in [0.15, 0.2) is 0 Å². The summed E-state index contributed by atoms with van der Waals surface area (Å²) in [5, 5.41) is 7.81. The number of nitrogens with one attached hydrogen (secondary N) is 1. The first-order chi connectivity index (χ1) is 11.5. The third kappa shape index (κ3) is 3.26. The van der Waals surface area contributed by atoms with Crippen LogP contribution in [0, 0.1) is 13.8 Å². The number of aromatic nitrogens is 2.